The predicted molar refractivity (Wildman–Crippen MR) is 81.3 cm³/mol. The zero-order valence-electron chi connectivity index (χ0n) is 12.5. The summed E-state index contributed by atoms with van der Waals surface area (Å²) in [6.07, 6.45) is 1.70. The van der Waals surface area contributed by atoms with E-state index >= 15 is 0 Å². The number of amides is 2. The van der Waals surface area contributed by atoms with E-state index in [0.29, 0.717) is 30.0 Å². The Labute approximate surface area is 124 Å². The summed E-state index contributed by atoms with van der Waals surface area (Å²) in [7, 11) is 0. The molecule has 1 aliphatic rings. The Morgan fingerprint density at radius 3 is 2.71 bits per heavy atom. The predicted octanol–water partition coefficient (Wildman–Crippen LogP) is 2.87. The fourth-order valence-corrected chi connectivity index (χ4v) is 2.37. The van der Waals surface area contributed by atoms with Gasteiger partial charge < -0.3 is 15.7 Å². The maximum absolute atomic E-state index is 11.8. The first-order chi connectivity index (χ1) is 9.87. The summed E-state index contributed by atoms with van der Waals surface area (Å²) in [4.78, 5) is 22.4. The molecule has 2 amide bonds. The van der Waals surface area contributed by atoms with Crippen molar-refractivity contribution in [3.63, 3.8) is 0 Å². The number of hydrogen-bond donors (Lipinski definition) is 3. The van der Waals surface area contributed by atoms with Gasteiger partial charge in [-0.25, -0.2) is 4.79 Å². The van der Waals surface area contributed by atoms with Crippen LogP contribution in [0.1, 0.15) is 32.3 Å². The van der Waals surface area contributed by atoms with Gasteiger partial charge in [-0.15, -0.1) is 0 Å². The topological polar surface area (TPSA) is 78.4 Å². The number of urea groups is 1. The fraction of sp³-hybridized carbons (Fsp3) is 0.500. The lowest BCUT2D eigenvalue weighted by atomic mass is 10.1. The van der Waals surface area contributed by atoms with Crippen molar-refractivity contribution in [2.75, 3.05) is 11.9 Å². The molecule has 1 aromatic carbocycles. The summed E-state index contributed by atoms with van der Waals surface area (Å²) in [6, 6.07) is 7.07. The van der Waals surface area contributed by atoms with Gasteiger partial charge in [-0.05, 0) is 41.9 Å². The highest BCUT2D eigenvalue weighted by molar-refractivity contribution is 5.89. The van der Waals surface area contributed by atoms with Gasteiger partial charge in [0.05, 0.1) is 0 Å². The number of nitrogens with one attached hydrogen (secondary N) is 2. The normalized spacial score (nSPS) is 18.9. The Hall–Kier alpha value is -2.04. The van der Waals surface area contributed by atoms with Crippen LogP contribution in [0.3, 0.4) is 0 Å². The van der Waals surface area contributed by atoms with E-state index in [1.807, 2.05) is 18.2 Å². The van der Waals surface area contributed by atoms with Gasteiger partial charge in [0.2, 0.25) is 0 Å². The highest BCUT2D eigenvalue weighted by Crippen LogP contribution is 2.50. The zero-order chi connectivity index (χ0) is 15.5. The largest absolute Gasteiger partial charge is 0.481 e. The first kappa shape index (κ1) is 15.4. The molecule has 1 atom stereocenters. The number of benzene rings is 1. The Morgan fingerprint density at radius 1 is 1.38 bits per heavy atom. The molecule has 21 heavy (non-hydrogen) atoms. The van der Waals surface area contributed by atoms with E-state index in [1.54, 1.807) is 6.07 Å². The van der Waals surface area contributed by atoms with Crippen molar-refractivity contribution in [3.05, 3.63) is 29.8 Å². The second-order valence-electron chi connectivity index (χ2n) is 6.32. The minimum Gasteiger partial charge on any atom is -0.481 e. The summed E-state index contributed by atoms with van der Waals surface area (Å²) in [5, 5.41) is 14.3. The maximum atomic E-state index is 11.8. The van der Waals surface area contributed by atoms with Gasteiger partial charge in [0.15, 0.2) is 0 Å². The minimum absolute atomic E-state index is 0.0897. The molecule has 1 aliphatic carbocycles. The van der Waals surface area contributed by atoms with Crippen molar-refractivity contribution in [2.45, 2.75) is 33.1 Å². The van der Waals surface area contributed by atoms with Gasteiger partial charge in [0.1, 0.15) is 0 Å². The third-order valence-electron chi connectivity index (χ3n) is 4.04. The number of anilines is 1. The highest BCUT2D eigenvalue weighted by Gasteiger charge is 2.45. The molecule has 0 aromatic heterocycles. The van der Waals surface area contributed by atoms with Crippen LogP contribution in [0.5, 0.6) is 0 Å². The molecular weight excluding hydrogens is 268 g/mol. The number of aryl methyl sites for hydroxylation is 1. The molecule has 1 saturated carbocycles. The third kappa shape index (κ3) is 4.77. The molecule has 0 heterocycles. The molecule has 0 bridgehead atoms. The highest BCUT2D eigenvalue weighted by atomic mass is 16.4. The lowest BCUT2D eigenvalue weighted by Gasteiger charge is -2.09. The van der Waals surface area contributed by atoms with Crippen molar-refractivity contribution in [2.24, 2.45) is 11.3 Å². The maximum Gasteiger partial charge on any atom is 0.319 e. The molecule has 5 heteroatoms. The van der Waals surface area contributed by atoms with E-state index in [9.17, 15) is 9.59 Å². The number of rotatable bonds is 6. The fourth-order valence-electron chi connectivity index (χ4n) is 2.37. The molecular formula is C16H22N2O3. The molecule has 3 N–H and O–H groups in total. The molecule has 0 radical (unpaired) electrons. The lowest BCUT2D eigenvalue weighted by molar-refractivity contribution is -0.136. The lowest BCUT2D eigenvalue weighted by Crippen LogP contribution is -2.31. The van der Waals surface area contributed by atoms with Crippen LogP contribution in [-0.2, 0) is 11.2 Å². The van der Waals surface area contributed by atoms with E-state index in [4.69, 9.17) is 5.11 Å². The summed E-state index contributed by atoms with van der Waals surface area (Å²) in [6.45, 7) is 5.09. The van der Waals surface area contributed by atoms with Crippen LogP contribution in [0.2, 0.25) is 0 Å². The quantitative estimate of drug-likeness (QED) is 0.753. The van der Waals surface area contributed by atoms with Gasteiger partial charge >= 0.3 is 12.0 Å². The van der Waals surface area contributed by atoms with Crippen molar-refractivity contribution in [1.82, 2.24) is 5.32 Å². The van der Waals surface area contributed by atoms with Crippen LogP contribution in [0.25, 0.3) is 0 Å². The first-order valence-electron chi connectivity index (χ1n) is 7.22. The molecule has 0 aliphatic heterocycles. The summed E-state index contributed by atoms with van der Waals surface area (Å²) >= 11 is 0. The average Bonchev–Trinajstić information content (AvgIpc) is 3.02. The van der Waals surface area contributed by atoms with Gasteiger partial charge in [-0.1, -0.05) is 26.0 Å². The third-order valence-corrected chi connectivity index (χ3v) is 4.04. The summed E-state index contributed by atoms with van der Waals surface area (Å²) in [5.41, 5.74) is 1.94. The van der Waals surface area contributed by atoms with Crippen LogP contribution in [0.4, 0.5) is 10.5 Å². The molecule has 2 rings (SSSR count). The number of carboxylic acids is 1. The Bertz CT molecular complexity index is 540. The van der Waals surface area contributed by atoms with E-state index in [1.165, 1.54) is 0 Å². The van der Waals surface area contributed by atoms with Crippen LogP contribution >= 0.6 is 0 Å². The molecule has 1 unspecified atom stereocenters. The van der Waals surface area contributed by atoms with E-state index in [-0.39, 0.29) is 12.5 Å². The number of carbonyl (C=O) groups excluding carboxylic acids is 1. The SMILES string of the molecule is CC1(C)CC1CNC(=O)Nc1cccc(CCC(=O)O)c1. The van der Waals surface area contributed by atoms with Crippen LogP contribution in [0, 0.1) is 11.3 Å². The van der Waals surface area contributed by atoms with E-state index in [2.05, 4.69) is 24.5 Å². The summed E-state index contributed by atoms with van der Waals surface area (Å²) < 4.78 is 0. The molecule has 5 nitrogen and oxygen atoms in total. The Morgan fingerprint density at radius 2 is 2.10 bits per heavy atom. The van der Waals surface area contributed by atoms with Crippen molar-refractivity contribution in [3.8, 4) is 0 Å². The molecule has 1 aromatic rings. The molecule has 0 saturated heterocycles. The number of carbonyl (C=O) groups is 2. The van der Waals surface area contributed by atoms with Crippen molar-refractivity contribution in [1.29, 1.82) is 0 Å². The molecule has 114 valence electrons. The van der Waals surface area contributed by atoms with Crippen LogP contribution < -0.4 is 10.6 Å². The van der Waals surface area contributed by atoms with E-state index in [0.717, 1.165) is 12.0 Å². The van der Waals surface area contributed by atoms with Gasteiger partial charge in [0.25, 0.3) is 0 Å². The first-order valence-corrected chi connectivity index (χ1v) is 7.22. The van der Waals surface area contributed by atoms with Crippen LogP contribution in [0.15, 0.2) is 24.3 Å². The van der Waals surface area contributed by atoms with Gasteiger partial charge in [-0.3, -0.25) is 4.79 Å². The number of carboxylic acid groups (broad SMARTS) is 1. The number of hydrogen-bond acceptors (Lipinski definition) is 2. The standard InChI is InChI=1S/C16H22N2O3/c1-16(2)9-12(16)10-17-15(21)18-13-5-3-4-11(8-13)6-7-14(19)20/h3-5,8,12H,6-7,9-10H2,1-2H3,(H,19,20)(H2,17,18,21). The van der Waals surface area contributed by atoms with Crippen molar-refractivity contribution >= 4 is 17.7 Å². The number of aliphatic carboxylic acids is 1. The molecule has 0 spiro atoms. The zero-order valence-corrected chi connectivity index (χ0v) is 12.5. The van der Waals surface area contributed by atoms with Gasteiger partial charge in [0, 0.05) is 18.7 Å². The second kappa shape index (κ2) is 6.16. The smallest absolute Gasteiger partial charge is 0.319 e. The van der Waals surface area contributed by atoms with Crippen LogP contribution in [-0.4, -0.2) is 23.7 Å². The Kier molecular flexibility index (Phi) is 4.50. The Balaban J connectivity index is 1.80. The summed E-state index contributed by atoms with van der Waals surface area (Å²) in [5.74, 6) is -0.261. The second-order valence-corrected chi connectivity index (χ2v) is 6.32. The van der Waals surface area contributed by atoms with E-state index < -0.39 is 5.97 Å². The average molecular weight is 290 g/mol. The van der Waals surface area contributed by atoms with Gasteiger partial charge in [-0.2, -0.15) is 0 Å². The van der Waals surface area contributed by atoms with Crippen molar-refractivity contribution < 1.29 is 14.7 Å². The minimum atomic E-state index is -0.821. The molecule has 1 fully saturated rings. The monoisotopic (exact) mass is 290 g/mol.